The third-order valence-electron chi connectivity index (χ3n) is 1.91. The zero-order chi connectivity index (χ0) is 12.3. The fourth-order valence-electron chi connectivity index (χ4n) is 1.35. The number of nitrogen functional groups attached to an aromatic ring is 1. The van der Waals surface area contributed by atoms with E-state index in [4.69, 9.17) is 10.5 Å². The molecule has 0 atom stereocenters. The summed E-state index contributed by atoms with van der Waals surface area (Å²) in [6.07, 6.45) is -0.0648. The number of nitrogens with one attached hydrogen (secondary N) is 1. The van der Waals surface area contributed by atoms with Gasteiger partial charge >= 0.3 is 0 Å². The van der Waals surface area contributed by atoms with Gasteiger partial charge in [0.15, 0.2) is 11.6 Å². The molecule has 0 spiro atoms. The molecule has 0 aliphatic rings. The maximum Gasteiger partial charge on any atom is 0.167 e. The molecule has 1 aromatic carbocycles. The molecule has 0 saturated heterocycles. The summed E-state index contributed by atoms with van der Waals surface area (Å²) in [5, 5.41) is 3.14. The molecular weight excluding hydrogens is 207 g/mol. The van der Waals surface area contributed by atoms with E-state index < -0.39 is 5.82 Å². The molecule has 1 rings (SSSR count). The minimum atomic E-state index is -0.430. The number of hydrogen-bond donors (Lipinski definition) is 2. The molecule has 90 valence electrons. The molecule has 0 saturated carbocycles. The fraction of sp³-hybridized carbons (Fsp3) is 0.500. The number of halogens is 1. The molecule has 0 aromatic heterocycles. The molecule has 0 radical (unpaired) electrons. The summed E-state index contributed by atoms with van der Waals surface area (Å²) < 4.78 is 18.8. The van der Waals surface area contributed by atoms with Crippen LogP contribution in [0.4, 0.5) is 15.8 Å². The zero-order valence-corrected chi connectivity index (χ0v) is 10.2. The number of rotatable bonds is 4. The van der Waals surface area contributed by atoms with E-state index in [2.05, 4.69) is 5.32 Å². The minimum Gasteiger partial charge on any atom is -0.488 e. The number of ether oxygens (including phenoxy) is 1. The van der Waals surface area contributed by atoms with Gasteiger partial charge in [0.2, 0.25) is 0 Å². The largest absolute Gasteiger partial charge is 0.488 e. The highest BCUT2D eigenvalue weighted by molar-refractivity contribution is 5.68. The van der Waals surface area contributed by atoms with Gasteiger partial charge in [0.1, 0.15) is 0 Å². The molecule has 0 fully saturated rings. The zero-order valence-electron chi connectivity index (χ0n) is 10.2. The van der Waals surface area contributed by atoms with Crippen molar-refractivity contribution in [1.29, 1.82) is 0 Å². The number of benzene rings is 1. The van der Waals surface area contributed by atoms with Crippen LogP contribution in [0.15, 0.2) is 12.1 Å². The third kappa shape index (κ3) is 3.29. The molecule has 0 amide bonds. The maximum atomic E-state index is 13.5. The van der Waals surface area contributed by atoms with Gasteiger partial charge in [-0.1, -0.05) is 0 Å². The number of hydrogen-bond acceptors (Lipinski definition) is 3. The van der Waals surface area contributed by atoms with Gasteiger partial charge < -0.3 is 15.8 Å². The average Bonchev–Trinajstić information content (AvgIpc) is 2.11. The Morgan fingerprint density at radius 3 is 2.38 bits per heavy atom. The summed E-state index contributed by atoms with van der Waals surface area (Å²) in [6, 6.07) is 3.12. The van der Waals surface area contributed by atoms with E-state index in [0.29, 0.717) is 11.4 Å². The van der Waals surface area contributed by atoms with E-state index in [-0.39, 0.29) is 17.9 Å². The Bertz CT molecular complexity index is 333. The predicted octanol–water partition coefficient (Wildman–Crippen LogP) is 3.02. The summed E-state index contributed by atoms with van der Waals surface area (Å²) in [4.78, 5) is 0. The fourth-order valence-corrected chi connectivity index (χ4v) is 1.35. The van der Waals surface area contributed by atoms with Gasteiger partial charge in [-0.15, -0.1) is 0 Å². The van der Waals surface area contributed by atoms with Crippen molar-refractivity contribution in [3.8, 4) is 5.75 Å². The van der Waals surface area contributed by atoms with Crippen molar-refractivity contribution in [2.45, 2.75) is 39.8 Å². The van der Waals surface area contributed by atoms with Crippen LogP contribution in [0.1, 0.15) is 27.7 Å². The van der Waals surface area contributed by atoms with E-state index in [1.165, 1.54) is 6.07 Å². The van der Waals surface area contributed by atoms with Crippen LogP contribution in [0.25, 0.3) is 0 Å². The highest BCUT2D eigenvalue weighted by Crippen LogP contribution is 2.29. The van der Waals surface area contributed by atoms with Crippen molar-refractivity contribution < 1.29 is 9.13 Å². The van der Waals surface area contributed by atoms with E-state index in [1.807, 2.05) is 27.7 Å². The molecular formula is C12H19FN2O. The Labute approximate surface area is 95.8 Å². The molecule has 4 heteroatoms. The maximum absolute atomic E-state index is 13.5. The van der Waals surface area contributed by atoms with E-state index >= 15 is 0 Å². The molecule has 1 aromatic rings. The Morgan fingerprint density at radius 1 is 1.25 bits per heavy atom. The quantitative estimate of drug-likeness (QED) is 0.776. The monoisotopic (exact) mass is 226 g/mol. The first-order valence-corrected chi connectivity index (χ1v) is 5.42. The van der Waals surface area contributed by atoms with Crippen LogP contribution in [0.2, 0.25) is 0 Å². The van der Waals surface area contributed by atoms with Crippen LogP contribution in [-0.2, 0) is 0 Å². The first-order valence-electron chi connectivity index (χ1n) is 5.42. The van der Waals surface area contributed by atoms with Gasteiger partial charge in [-0.25, -0.2) is 4.39 Å². The van der Waals surface area contributed by atoms with Crippen LogP contribution >= 0.6 is 0 Å². The number of anilines is 2. The lowest BCUT2D eigenvalue weighted by Gasteiger charge is -2.16. The third-order valence-corrected chi connectivity index (χ3v) is 1.91. The predicted molar refractivity (Wildman–Crippen MR) is 65.3 cm³/mol. The Morgan fingerprint density at radius 2 is 1.88 bits per heavy atom. The molecule has 0 bridgehead atoms. The van der Waals surface area contributed by atoms with Crippen LogP contribution < -0.4 is 15.8 Å². The summed E-state index contributed by atoms with van der Waals surface area (Å²) in [7, 11) is 0. The Balaban J connectivity index is 3.01. The lowest BCUT2D eigenvalue weighted by atomic mass is 10.2. The normalized spacial score (nSPS) is 10.9. The highest BCUT2D eigenvalue weighted by atomic mass is 19.1. The average molecular weight is 226 g/mol. The molecule has 0 aliphatic heterocycles. The number of nitrogens with two attached hydrogens (primary N) is 1. The lowest BCUT2D eigenvalue weighted by molar-refractivity contribution is 0.231. The SMILES string of the molecule is CC(C)Nc1cc(OC(C)C)c(F)cc1N. The van der Waals surface area contributed by atoms with E-state index in [1.54, 1.807) is 6.07 Å². The summed E-state index contributed by atoms with van der Waals surface area (Å²) in [5.74, 6) is -0.201. The molecule has 3 nitrogen and oxygen atoms in total. The summed E-state index contributed by atoms with van der Waals surface area (Å²) >= 11 is 0. The molecule has 3 N–H and O–H groups in total. The highest BCUT2D eigenvalue weighted by Gasteiger charge is 2.10. The van der Waals surface area contributed by atoms with Crippen molar-refractivity contribution >= 4 is 11.4 Å². The van der Waals surface area contributed by atoms with Gasteiger partial charge in [0.25, 0.3) is 0 Å². The second-order valence-corrected chi connectivity index (χ2v) is 4.34. The molecule has 16 heavy (non-hydrogen) atoms. The van der Waals surface area contributed by atoms with Gasteiger partial charge in [-0.3, -0.25) is 0 Å². The Hall–Kier alpha value is -1.45. The second-order valence-electron chi connectivity index (χ2n) is 4.34. The van der Waals surface area contributed by atoms with Crippen LogP contribution in [-0.4, -0.2) is 12.1 Å². The molecule has 0 aliphatic carbocycles. The van der Waals surface area contributed by atoms with Crippen molar-refractivity contribution in [3.05, 3.63) is 17.9 Å². The van der Waals surface area contributed by atoms with E-state index in [0.717, 1.165) is 0 Å². The van der Waals surface area contributed by atoms with Gasteiger partial charge in [-0.05, 0) is 27.7 Å². The molecule has 0 unspecified atom stereocenters. The van der Waals surface area contributed by atoms with Crippen LogP contribution in [0.5, 0.6) is 5.75 Å². The second kappa shape index (κ2) is 5.05. The summed E-state index contributed by atoms with van der Waals surface area (Å²) in [6.45, 7) is 7.69. The van der Waals surface area contributed by atoms with Crippen LogP contribution in [0.3, 0.4) is 0 Å². The van der Waals surface area contributed by atoms with Gasteiger partial charge in [0, 0.05) is 18.2 Å². The van der Waals surface area contributed by atoms with Gasteiger partial charge in [-0.2, -0.15) is 0 Å². The summed E-state index contributed by atoms with van der Waals surface area (Å²) in [5.41, 5.74) is 6.80. The first kappa shape index (κ1) is 12.6. The van der Waals surface area contributed by atoms with Crippen molar-refractivity contribution in [2.75, 3.05) is 11.1 Å². The van der Waals surface area contributed by atoms with E-state index in [9.17, 15) is 4.39 Å². The Kier molecular flexibility index (Phi) is 3.99. The minimum absolute atomic E-state index is 0.0648. The van der Waals surface area contributed by atoms with Crippen LogP contribution in [0, 0.1) is 5.82 Å². The lowest BCUT2D eigenvalue weighted by Crippen LogP contribution is -2.13. The smallest absolute Gasteiger partial charge is 0.167 e. The van der Waals surface area contributed by atoms with Crippen molar-refractivity contribution in [1.82, 2.24) is 0 Å². The standard InChI is InChI=1S/C12H19FN2O/c1-7(2)15-11-6-12(16-8(3)4)9(13)5-10(11)14/h5-8,15H,14H2,1-4H3. The first-order chi connectivity index (χ1) is 7.40. The van der Waals surface area contributed by atoms with Crippen molar-refractivity contribution in [3.63, 3.8) is 0 Å². The topological polar surface area (TPSA) is 47.3 Å². The van der Waals surface area contributed by atoms with Gasteiger partial charge in [0.05, 0.1) is 17.5 Å². The van der Waals surface area contributed by atoms with Crippen molar-refractivity contribution in [2.24, 2.45) is 0 Å². The molecule has 0 heterocycles.